The molecule has 7 heteroatoms. The van der Waals surface area contributed by atoms with Crippen LogP contribution in [0.15, 0.2) is 21.1 Å². The Morgan fingerprint density at radius 2 is 2.29 bits per heavy atom. The smallest absolute Gasteiger partial charge is 0.240 e. The van der Waals surface area contributed by atoms with Crippen molar-refractivity contribution in [2.24, 2.45) is 5.73 Å². The van der Waals surface area contributed by atoms with E-state index in [2.05, 4.69) is 26.1 Å². The van der Waals surface area contributed by atoms with Crippen LogP contribution >= 0.6 is 15.9 Å². The summed E-state index contributed by atoms with van der Waals surface area (Å²) in [7, 11) is 1.39. The zero-order valence-corrected chi connectivity index (χ0v) is 10.5. The molecule has 1 heterocycles. The van der Waals surface area contributed by atoms with Gasteiger partial charge in [-0.3, -0.25) is 0 Å². The fraction of sp³-hybridized carbons (Fsp3) is 0.200. The standard InChI is InChI=1S/C10H9BrFN3O2/c1-16-6-3-2-5(11)8(9(6)12)10-14-7(4-13)17-15-10/h2-3H,4,13H2,1H3. The van der Waals surface area contributed by atoms with Crippen molar-refractivity contribution in [2.75, 3.05) is 7.11 Å². The van der Waals surface area contributed by atoms with Crippen LogP contribution in [-0.2, 0) is 6.54 Å². The van der Waals surface area contributed by atoms with E-state index in [9.17, 15) is 4.39 Å². The molecule has 17 heavy (non-hydrogen) atoms. The third-order valence-electron chi connectivity index (χ3n) is 2.14. The van der Waals surface area contributed by atoms with Gasteiger partial charge in [-0.25, -0.2) is 4.39 Å². The highest BCUT2D eigenvalue weighted by Crippen LogP contribution is 2.33. The van der Waals surface area contributed by atoms with E-state index in [0.29, 0.717) is 4.47 Å². The third-order valence-corrected chi connectivity index (χ3v) is 2.80. The first kappa shape index (κ1) is 12.0. The summed E-state index contributed by atoms with van der Waals surface area (Å²) in [6.07, 6.45) is 0. The number of benzene rings is 1. The van der Waals surface area contributed by atoms with Crippen molar-refractivity contribution >= 4 is 15.9 Å². The lowest BCUT2D eigenvalue weighted by Crippen LogP contribution is -1.97. The second-order valence-corrected chi connectivity index (χ2v) is 4.01. The number of nitrogens with zero attached hydrogens (tertiary/aromatic N) is 2. The average Bonchev–Trinajstić information content (AvgIpc) is 2.78. The number of ether oxygens (including phenoxy) is 1. The molecule has 0 atom stereocenters. The lowest BCUT2D eigenvalue weighted by molar-refractivity contribution is 0.378. The molecule has 0 aliphatic heterocycles. The van der Waals surface area contributed by atoms with E-state index in [1.54, 1.807) is 6.07 Å². The summed E-state index contributed by atoms with van der Waals surface area (Å²) in [6, 6.07) is 3.16. The van der Waals surface area contributed by atoms with Gasteiger partial charge in [0.25, 0.3) is 0 Å². The van der Waals surface area contributed by atoms with E-state index < -0.39 is 5.82 Å². The van der Waals surface area contributed by atoms with Crippen LogP contribution < -0.4 is 10.5 Å². The first-order valence-corrected chi connectivity index (χ1v) is 5.51. The predicted molar refractivity (Wildman–Crippen MR) is 61.8 cm³/mol. The summed E-state index contributed by atoms with van der Waals surface area (Å²) in [5.74, 6) is -0.0589. The van der Waals surface area contributed by atoms with Crippen LogP contribution in [0.25, 0.3) is 11.4 Å². The molecule has 0 unspecified atom stereocenters. The van der Waals surface area contributed by atoms with Crippen LogP contribution in [0, 0.1) is 5.82 Å². The third kappa shape index (κ3) is 2.16. The normalized spacial score (nSPS) is 10.6. The highest BCUT2D eigenvalue weighted by atomic mass is 79.9. The van der Waals surface area contributed by atoms with Crippen molar-refractivity contribution in [3.8, 4) is 17.1 Å². The summed E-state index contributed by atoms with van der Waals surface area (Å²) in [5, 5.41) is 3.66. The molecular formula is C10H9BrFN3O2. The van der Waals surface area contributed by atoms with E-state index in [1.165, 1.54) is 13.2 Å². The quantitative estimate of drug-likeness (QED) is 0.940. The zero-order valence-electron chi connectivity index (χ0n) is 8.91. The number of hydrogen-bond acceptors (Lipinski definition) is 5. The highest BCUT2D eigenvalue weighted by Gasteiger charge is 2.19. The second kappa shape index (κ2) is 4.80. The van der Waals surface area contributed by atoms with Gasteiger partial charge < -0.3 is 15.0 Å². The van der Waals surface area contributed by atoms with Gasteiger partial charge in [0, 0.05) is 4.47 Å². The highest BCUT2D eigenvalue weighted by molar-refractivity contribution is 9.10. The Morgan fingerprint density at radius 3 is 2.88 bits per heavy atom. The van der Waals surface area contributed by atoms with Gasteiger partial charge in [0.05, 0.1) is 19.2 Å². The van der Waals surface area contributed by atoms with Crippen molar-refractivity contribution in [1.82, 2.24) is 10.1 Å². The Hall–Kier alpha value is -1.47. The van der Waals surface area contributed by atoms with Crippen LogP contribution in [0.3, 0.4) is 0 Å². The van der Waals surface area contributed by atoms with Crippen LogP contribution in [-0.4, -0.2) is 17.3 Å². The maximum atomic E-state index is 14.0. The lowest BCUT2D eigenvalue weighted by atomic mass is 10.2. The van der Waals surface area contributed by atoms with Gasteiger partial charge in [0.2, 0.25) is 11.7 Å². The summed E-state index contributed by atoms with van der Waals surface area (Å²) >= 11 is 3.23. The Bertz CT molecular complexity index is 544. The van der Waals surface area contributed by atoms with Crippen molar-refractivity contribution < 1.29 is 13.7 Å². The Labute approximate surface area is 105 Å². The number of nitrogens with two attached hydrogens (primary N) is 1. The minimum Gasteiger partial charge on any atom is -0.494 e. The van der Waals surface area contributed by atoms with E-state index in [-0.39, 0.29) is 29.6 Å². The maximum absolute atomic E-state index is 14.0. The molecule has 2 aromatic rings. The molecule has 5 nitrogen and oxygen atoms in total. The molecule has 2 N–H and O–H groups in total. The van der Waals surface area contributed by atoms with Gasteiger partial charge in [0.15, 0.2) is 11.6 Å². The van der Waals surface area contributed by atoms with Gasteiger partial charge in [-0.2, -0.15) is 4.98 Å². The number of hydrogen-bond donors (Lipinski definition) is 1. The first-order valence-electron chi connectivity index (χ1n) is 4.72. The molecule has 1 aromatic heterocycles. The van der Waals surface area contributed by atoms with Crippen LogP contribution in [0.5, 0.6) is 5.75 Å². The molecule has 0 radical (unpaired) electrons. The van der Waals surface area contributed by atoms with E-state index in [4.69, 9.17) is 15.0 Å². The van der Waals surface area contributed by atoms with Crippen LogP contribution in [0.2, 0.25) is 0 Å². The molecule has 1 aromatic carbocycles. The number of aromatic nitrogens is 2. The van der Waals surface area contributed by atoms with Crippen LogP contribution in [0.4, 0.5) is 4.39 Å². The molecule has 0 saturated carbocycles. The predicted octanol–water partition coefficient (Wildman–Crippen LogP) is 2.11. The molecular weight excluding hydrogens is 293 g/mol. The first-order chi connectivity index (χ1) is 8.17. The van der Waals surface area contributed by atoms with E-state index in [1.807, 2.05) is 0 Å². The fourth-order valence-corrected chi connectivity index (χ4v) is 1.82. The Morgan fingerprint density at radius 1 is 1.53 bits per heavy atom. The number of methoxy groups -OCH3 is 1. The monoisotopic (exact) mass is 301 g/mol. The van der Waals surface area contributed by atoms with Gasteiger partial charge in [-0.15, -0.1) is 0 Å². The van der Waals surface area contributed by atoms with Gasteiger partial charge >= 0.3 is 0 Å². The van der Waals surface area contributed by atoms with Crippen LogP contribution in [0.1, 0.15) is 5.89 Å². The molecule has 0 fully saturated rings. The maximum Gasteiger partial charge on any atom is 0.240 e. The zero-order chi connectivity index (χ0) is 12.4. The molecule has 0 aliphatic rings. The van der Waals surface area contributed by atoms with E-state index >= 15 is 0 Å². The molecule has 2 rings (SSSR count). The summed E-state index contributed by atoms with van der Waals surface area (Å²) in [5.41, 5.74) is 5.53. The second-order valence-electron chi connectivity index (χ2n) is 3.15. The Kier molecular flexibility index (Phi) is 3.39. The topological polar surface area (TPSA) is 74.2 Å². The van der Waals surface area contributed by atoms with Crippen molar-refractivity contribution in [3.63, 3.8) is 0 Å². The molecule has 0 saturated heterocycles. The summed E-state index contributed by atoms with van der Waals surface area (Å²) < 4.78 is 24.3. The lowest BCUT2D eigenvalue weighted by Gasteiger charge is -2.06. The molecule has 0 spiro atoms. The van der Waals surface area contributed by atoms with Gasteiger partial charge in [-0.05, 0) is 28.1 Å². The summed E-state index contributed by atoms with van der Waals surface area (Å²) in [6.45, 7) is 0.107. The van der Waals surface area contributed by atoms with Crippen molar-refractivity contribution in [2.45, 2.75) is 6.54 Å². The minimum atomic E-state index is -0.550. The van der Waals surface area contributed by atoms with Crippen molar-refractivity contribution in [1.29, 1.82) is 0 Å². The fourth-order valence-electron chi connectivity index (χ4n) is 1.34. The SMILES string of the molecule is COc1ccc(Br)c(-c2noc(CN)n2)c1F. The van der Waals surface area contributed by atoms with Gasteiger partial charge in [0.1, 0.15) is 0 Å². The molecule has 0 bridgehead atoms. The average molecular weight is 302 g/mol. The molecule has 0 aliphatic carbocycles. The van der Waals surface area contributed by atoms with Crippen molar-refractivity contribution in [3.05, 3.63) is 28.3 Å². The largest absolute Gasteiger partial charge is 0.494 e. The molecule has 90 valence electrons. The van der Waals surface area contributed by atoms with E-state index in [0.717, 1.165) is 0 Å². The number of rotatable bonds is 3. The molecule has 0 amide bonds. The minimum absolute atomic E-state index is 0.107. The Balaban J connectivity index is 2.57. The summed E-state index contributed by atoms with van der Waals surface area (Å²) in [4.78, 5) is 3.97. The van der Waals surface area contributed by atoms with Gasteiger partial charge in [-0.1, -0.05) is 5.16 Å². The number of halogens is 2.